The van der Waals surface area contributed by atoms with Gasteiger partial charge in [0.1, 0.15) is 6.61 Å². The average Bonchev–Trinajstić information content (AvgIpc) is 3.58. The SMILES string of the molecule is Cc1ccc(C(=O)NC2CC2)cc1-c1ccc2c(N3CCN4C(=O)OC[C@@H]4C3)nncc2c1. The Bertz CT molecular complexity index is 1270. The van der Waals surface area contributed by atoms with Crippen LogP contribution in [-0.2, 0) is 4.74 Å². The normalized spacial score (nSPS) is 20.0. The van der Waals surface area contributed by atoms with Crippen molar-refractivity contribution in [2.75, 3.05) is 31.1 Å². The first-order valence-electron chi connectivity index (χ1n) is 11.4. The van der Waals surface area contributed by atoms with Crippen LogP contribution < -0.4 is 10.2 Å². The van der Waals surface area contributed by atoms with Gasteiger partial charge in [0.2, 0.25) is 0 Å². The second kappa shape index (κ2) is 7.72. The Morgan fingerprint density at radius 1 is 1.15 bits per heavy atom. The van der Waals surface area contributed by atoms with Gasteiger partial charge < -0.3 is 15.0 Å². The molecule has 0 unspecified atom stereocenters. The highest BCUT2D eigenvalue weighted by molar-refractivity contribution is 5.98. The fraction of sp³-hybridized carbons (Fsp3) is 0.360. The molecule has 2 aromatic carbocycles. The second-order valence-corrected chi connectivity index (χ2v) is 9.12. The van der Waals surface area contributed by atoms with Gasteiger partial charge in [-0.2, -0.15) is 5.10 Å². The third-order valence-electron chi connectivity index (χ3n) is 6.78. The molecule has 2 amide bonds. The molecule has 168 valence electrons. The minimum Gasteiger partial charge on any atom is -0.447 e. The van der Waals surface area contributed by atoms with Gasteiger partial charge in [-0.3, -0.25) is 9.69 Å². The summed E-state index contributed by atoms with van der Waals surface area (Å²) in [5, 5.41) is 13.8. The zero-order valence-electron chi connectivity index (χ0n) is 18.5. The summed E-state index contributed by atoms with van der Waals surface area (Å²) < 4.78 is 5.19. The van der Waals surface area contributed by atoms with E-state index in [9.17, 15) is 9.59 Å². The van der Waals surface area contributed by atoms with Crippen LogP contribution in [0.3, 0.4) is 0 Å². The molecule has 0 spiro atoms. The number of aromatic nitrogens is 2. The predicted molar refractivity (Wildman–Crippen MR) is 124 cm³/mol. The number of carbonyl (C=O) groups is 2. The van der Waals surface area contributed by atoms with Gasteiger partial charge >= 0.3 is 6.09 Å². The van der Waals surface area contributed by atoms with Crippen LogP contribution in [0.4, 0.5) is 10.6 Å². The Hall–Kier alpha value is -3.68. The lowest BCUT2D eigenvalue weighted by atomic mass is 9.96. The molecule has 6 rings (SSSR count). The number of ether oxygens (including phenoxy) is 1. The fourth-order valence-electron chi connectivity index (χ4n) is 4.73. The molecule has 3 heterocycles. The standard InChI is InChI=1S/C25H25N5O3/c1-15-2-3-17(24(31)27-19-5-6-19)11-22(15)16-4-7-21-18(10-16)12-26-28-23(21)29-8-9-30-20(13-29)14-33-25(30)32/h2-4,7,10-12,19-20H,5-6,8-9,13-14H2,1H3,(H,27,31)/t20-/m0/s1. The number of hydrogen-bond donors (Lipinski definition) is 1. The molecule has 8 nitrogen and oxygen atoms in total. The third-order valence-corrected chi connectivity index (χ3v) is 6.78. The largest absolute Gasteiger partial charge is 0.447 e. The van der Waals surface area contributed by atoms with Crippen LogP contribution in [0.15, 0.2) is 42.6 Å². The molecule has 1 saturated carbocycles. The number of aryl methyl sites for hydroxylation is 1. The Morgan fingerprint density at radius 3 is 2.88 bits per heavy atom. The van der Waals surface area contributed by atoms with Crippen molar-refractivity contribution in [2.45, 2.75) is 31.8 Å². The maximum atomic E-state index is 12.6. The van der Waals surface area contributed by atoms with Crippen LogP contribution in [0.1, 0.15) is 28.8 Å². The van der Waals surface area contributed by atoms with Gasteiger partial charge in [-0.25, -0.2) is 4.79 Å². The summed E-state index contributed by atoms with van der Waals surface area (Å²) in [5.41, 5.74) is 3.87. The van der Waals surface area contributed by atoms with Crippen molar-refractivity contribution in [1.82, 2.24) is 20.4 Å². The lowest BCUT2D eigenvalue weighted by molar-refractivity contribution is 0.0951. The zero-order chi connectivity index (χ0) is 22.5. The Morgan fingerprint density at radius 2 is 2.03 bits per heavy atom. The van der Waals surface area contributed by atoms with Crippen molar-refractivity contribution >= 4 is 28.6 Å². The summed E-state index contributed by atoms with van der Waals surface area (Å²) >= 11 is 0. The number of nitrogens with zero attached hydrogens (tertiary/aromatic N) is 4. The number of amides is 2. The molecule has 0 bridgehead atoms. The molecule has 1 aliphatic carbocycles. The van der Waals surface area contributed by atoms with E-state index in [-0.39, 0.29) is 18.0 Å². The molecule has 3 fully saturated rings. The molecule has 1 N–H and O–H groups in total. The zero-order valence-corrected chi connectivity index (χ0v) is 18.5. The van der Waals surface area contributed by atoms with E-state index in [1.807, 2.05) is 18.2 Å². The highest BCUT2D eigenvalue weighted by Crippen LogP contribution is 2.32. The summed E-state index contributed by atoms with van der Waals surface area (Å²) in [4.78, 5) is 28.4. The van der Waals surface area contributed by atoms with E-state index in [0.29, 0.717) is 37.8 Å². The van der Waals surface area contributed by atoms with Crippen LogP contribution in [-0.4, -0.2) is 65.4 Å². The van der Waals surface area contributed by atoms with E-state index in [4.69, 9.17) is 4.74 Å². The number of carbonyl (C=O) groups excluding carboxylic acids is 2. The molecule has 0 radical (unpaired) electrons. The number of nitrogens with one attached hydrogen (secondary N) is 1. The molecule has 33 heavy (non-hydrogen) atoms. The van der Waals surface area contributed by atoms with Crippen LogP contribution in [0.25, 0.3) is 21.9 Å². The van der Waals surface area contributed by atoms with Gasteiger partial charge in [-0.05, 0) is 60.7 Å². The summed E-state index contributed by atoms with van der Waals surface area (Å²) in [5.74, 6) is 0.813. The number of fused-ring (bicyclic) bond motifs is 2. The smallest absolute Gasteiger partial charge is 0.410 e. The van der Waals surface area contributed by atoms with E-state index < -0.39 is 0 Å². The van der Waals surface area contributed by atoms with Crippen molar-refractivity contribution in [3.05, 3.63) is 53.7 Å². The van der Waals surface area contributed by atoms with E-state index in [1.54, 1.807) is 11.1 Å². The van der Waals surface area contributed by atoms with E-state index in [0.717, 1.165) is 46.1 Å². The van der Waals surface area contributed by atoms with Crippen LogP contribution in [0, 0.1) is 6.92 Å². The van der Waals surface area contributed by atoms with E-state index in [2.05, 4.69) is 45.5 Å². The van der Waals surface area contributed by atoms with Gasteiger partial charge in [0.05, 0.1) is 12.2 Å². The molecule has 8 heteroatoms. The maximum Gasteiger partial charge on any atom is 0.410 e. The first-order chi connectivity index (χ1) is 16.1. The lowest BCUT2D eigenvalue weighted by Crippen LogP contribution is -2.52. The lowest BCUT2D eigenvalue weighted by Gasteiger charge is -2.36. The third kappa shape index (κ3) is 3.65. The minimum atomic E-state index is -0.225. The van der Waals surface area contributed by atoms with E-state index >= 15 is 0 Å². The first-order valence-corrected chi connectivity index (χ1v) is 11.4. The van der Waals surface area contributed by atoms with Crippen molar-refractivity contribution in [3.8, 4) is 11.1 Å². The molecule has 1 aromatic heterocycles. The van der Waals surface area contributed by atoms with Crippen LogP contribution in [0.2, 0.25) is 0 Å². The van der Waals surface area contributed by atoms with Crippen LogP contribution >= 0.6 is 0 Å². The van der Waals surface area contributed by atoms with Gasteiger partial charge in [0.15, 0.2) is 5.82 Å². The van der Waals surface area contributed by atoms with Gasteiger partial charge in [0.25, 0.3) is 5.91 Å². The maximum absolute atomic E-state index is 12.6. The summed E-state index contributed by atoms with van der Waals surface area (Å²) in [6, 6.07) is 12.5. The summed E-state index contributed by atoms with van der Waals surface area (Å²) in [7, 11) is 0. The molecule has 2 aliphatic heterocycles. The van der Waals surface area contributed by atoms with Crippen molar-refractivity contribution < 1.29 is 14.3 Å². The number of cyclic esters (lactones) is 1. The number of benzene rings is 2. The van der Waals surface area contributed by atoms with Crippen molar-refractivity contribution in [2.24, 2.45) is 0 Å². The number of anilines is 1. The fourth-order valence-corrected chi connectivity index (χ4v) is 4.73. The first kappa shape index (κ1) is 20.0. The van der Waals surface area contributed by atoms with Gasteiger partial charge in [-0.1, -0.05) is 12.1 Å². The predicted octanol–water partition coefficient (Wildman–Crippen LogP) is 3.14. The number of rotatable bonds is 4. The summed E-state index contributed by atoms with van der Waals surface area (Å²) in [6.07, 6.45) is 3.69. The molecule has 3 aliphatic rings. The van der Waals surface area contributed by atoms with Crippen LogP contribution in [0.5, 0.6) is 0 Å². The quantitative estimate of drug-likeness (QED) is 0.667. The second-order valence-electron chi connectivity index (χ2n) is 9.12. The summed E-state index contributed by atoms with van der Waals surface area (Å²) in [6.45, 7) is 4.47. The molecule has 3 aromatic rings. The van der Waals surface area contributed by atoms with Gasteiger partial charge in [-0.15, -0.1) is 5.10 Å². The van der Waals surface area contributed by atoms with Crippen molar-refractivity contribution in [1.29, 1.82) is 0 Å². The molecule has 1 atom stereocenters. The average molecular weight is 444 g/mol. The highest BCUT2D eigenvalue weighted by atomic mass is 16.6. The molecular formula is C25H25N5O3. The monoisotopic (exact) mass is 443 g/mol. The van der Waals surface area contributed by atoms with Crippen molar-refractivity contribution in [3.63, 3.8) is 0 Å². The number of hydrogen-bond acceptors (Lipinski definition) is 6. The topological polar surface area (TPSA) is 87.7 Å². The molecular weight excluding hydrogens is 418 g/mol. The van der Waals surface area contributed by atoms with Gasteiger partial charge in [0, 0.05) is 42.0 Å². The minimum absolute atomic E-state index is 0.0128. The number of piperazine rings is 1. The van der Waals surface area contributed by atoms with E-state index in [1.165, 1.54) is 0 Å². The Kier molecular flexibility index (Phi) is 4.67. The molecule has 2 saturated heterocycles. The Labute approximate surface area is 191 Å². The highest BCUT2D eigenvalue weighted by Gasteiger charge is 2.38. The Balaban J connectivity index is 1.31.